The molecule has 0 atom stereocenters. The summed E-state index contributed by atoms with van der Waals surface area (Å²) in [5, 5.41) is 15.6. The second-order valence-electron chi connectivity index (χ2n) is 7.82. The Hall–Kier alpha value is -2.17. The summed E-state index contributed by atoms with van der Waals surface area (Å²) in [5.41, 5.74) is 0.632. The number of piperidine rings is 1. The van der Waals surface area contributed by atoms with Crippen LogP contribution in [0.5, 0.6) is 0 Å². The molecular weight excluding hydrogens is 475 g/mol. The summed E-state index contributed by atoms with van der Waals surface area (Å²) < 4.78 is 6.40. The van der Waals surface area contributed by atoms with Gasteiger partial charge in [0.15, 0.2) is 0 Å². The van der Waals surface area contributed by atoms with Gasteiger partial charge in [-0.2, -0.15) is 0 Å². The molecule has 0 aliphatic carbocycles. The molecule has 1 aliphatic rings. The fourth-order valence-corrected chi connectivity index (χ4v) is 3.67. The largest absolute Gasteiger partial charge is 0.444 e. The van der Waals surface area contributed by atoms with Crippen LogP contribution in [-0.2, 0) is 4.74 Å². The van der Waals surface area contributed by atoms with E-state index in [-0.39, 0.29) is 17.8 Å². The molecule has 1 fully saturated rings. The maximum absolute atomic E-state index is 12.2. The van der Waals surface area contributed by atoms with Crippen LogP contribution in [-0.4, -0.2) is 45.6 Å². The number of nitrogens with one attached hydrogen (secondary N) is 1. The standard InChI is InChI=1S/C19H23IN4O4/c1-19(2,3)28-18(25)23-8-6-13(7-9-23)22-17-14-10-12(20)4-5-15(14)21-11-16(17)24(26)27/h4-5,10-11,13H,6-9H2,1-3H3,(H,21,22). The minimum absolute atomic E-state index is 0.0286. The zero-order valence-electron chi connectivity index (χ0n) is 16.1. The summed E-state index contributed by atoms with van der Waals surface area (Å²) in [6, 6.07) is 5.71. The SMILES string of the molecule is CC(C)(C)OC(=O)N1CCC(Nc2c([N+](=O)[O-])cnc3ccc(I)cc23)CC1. The number of carbonyl (C=O) groups is 1. The Kier molecular flexibility index (Phi) is 5.92. The minimum atomic E-state index is -0.528. The van der Waals surface area contributed by atoms with Crippen molar-refractivity contribution in [1.29, 1.82) is 0 Å². The average Bonchev–Trinajstić information content (AvgIpc) is 2.61. The number of amides is 1. The number of hydrogen-bond donors (Lipinski definition) is 1. The van der Waals surface area contributed by atoms with Gasteiger partial charge >= 0.3 is 11.8 Å². The zero-order valence-corrected chi connectivity index (χ0v) is 18.2. The molecule has 0 saturated carbocycles. The molecule has 0 unspecified atom stereocenters. The number of hydrogen-bond acceptors (Lipinski definition) is 6. The highest BCUT2D eigenvalue weighted by Gasteiger charge is 2.28. The topological polar surface area (TPSA) is 97.6 Å². The number of benzene rings is 1. The molecule has 0 radical (unpaired) electrons. The van der Waals surface area contributed by atoms with Crippen LogP contribution in [0, 0.1) is 13.7 Å². The van der Waals surface area contributed by atoms with Crippen molar-refractivity contribution < 1.29 is 14.5 Å². The molecule has 1 saturated heterocycles. The van der Waals surface area contributed by atoms with Crippen LogP contribution in [0.2, 0.25) is 0 Å². The summed E-state index contributed by atoms with van der Waals surface area (Å²) in [6.07, 6.45) is 2.35. The van der Waals surface area contributed by atoms with Gasteiger partial charge in [0.25, 0.3) is 0 Å². The predicted molar refractivity (Wildman–Crippen MR) is 116 cm³/mol. The van der Waals surface area contributed by atoms with Crippen LogP contribution < -0.4 is 5.32 Å². The fourth-order valence-electron chi connectivity index (χ4n) is 3.18. The van der Waals surface area contributed by atoms with Crippen LogP contribution in [0.3, 0.4) is 0 Å². The van der Waals surface area contributed by atoms with Crippen molar-refractivity contribution in [1.82, 2.24) is 9.88 Å². The number of likely N-dealkylation sites (tertiary alicyclic amines) is 1. The first-order valence-electron chi connectivity index (χ1n) is 9.11. The summed E-state index contributed by atoms with van der Waals surface area (Å²) in [6.45, 7) is 6.61. The van der Waals surface area contributed by atoms with Crippen molar-refractivity contribution in [3.63, 3.8) is 0 Å². The Morgan fingerprint density at radius 3 is 2.64 bits per heavy atom. The second-order valence-corrected chi connectivity index (χ2v) is 9.07. The number of halogens is 1. The molecule has 1 amide bonds. The van der Waals surface area contributed by atoms with E-state index < -0.39 is 10.5 Å². The molecule has 0 bridgehead atoms. The Morgan fingerprint density at radius 2 is 2.04 bits per heavy atom. The van der Waals surface area contributed by atoms with E-state index >= 15 is 0 Å². The first kappa shape index (κ1) is 20.6. The van der Waals surface area contributed by atoms with Crippen molar-refractivity contribution >= 4 is 51.0 Å². The van der Waals surface area contributed by atoms with Gasteiger partial charge in [0, 0.05) is 28.1 Å². The maximum atomic E-state index is 12.2. The number of fused-ring (bicyclic) bond motifs is 1. The lowest BCUT2D eigenvalue weighted by molar-refractivity contribution is -0.384. The average molecular weight is 498 g/mol. The summed E-state index contributed by atoms with van der Waals surface area (Å²) in [7, 11) is 0. The number of carbonyl (C=O) groups excluding carboxylic acids is 1. The number of aromatic nitrogens is 1. The normalized spacial score (nSPS) is 15.5. The lowest BCUT2D eigenvalue weighted by Gasteiger charge is -2.34. The van der Waals surface area contributed by atoms with Gasteiger partial charge in [-0.3, -0.25) is 10.1 Å². The van der Waals surface area contributed by atoms with Crippen LogP contribution in [0.15, 0.2) is 24.4 Å². The molecule has 0 spiro atoms. The molecule has 1 N–H and O–H groups in total. The third-order valence-electron chi connectivity index (χ3n) is 4.50. The Bertz CT molecular complexity index is 905. The van der Waals surface area contributed by atoms with Crippen LogP contribution in [0.4, 0.5) is 16.2 Å². The number of nitrogens with zero attached hydrogens (tertiary/aromatic N) is 3. The molecule has 1 aromatic heterocycles. The zero-order chi connectivity index (χ0) is 20.5. The molecule has 9 heteroatoms. The molecule has 28 heavy (non-hydrogen) atoms. The van der Waals surface area contributed by atoms with Crippen LogP contribution in [0.1, 0.15) is 33.6 Å². The molecule has 1 aromatic carbocycles. The smallest absolute Gasteiger partial charge is 0.410 e. The van der Waals surface area contributed by atoms with Gasteiger partial charge in [0.2, 0.25) is 0 Å². The summed E-state index contributed by atoms with van der Waals surface area (Å²) >= 11 is 2.18. The van der Waals surface area contributed by atoms with Gasteiger partial charge in [-0.1, -0.05) is 0 Å². The number of pyridine rings is 1. The van der Waals surface area contributed by atoms with E-state index in [9.17, 15) is 14.9 Å². The van der Waals surface area contributed by atoms with E-state index in [1.165, 1.54) is 6.20 Å². The van der Waals surface area contributed by atoms with E-state index in [0.717, 1.165) is 8.96 Å². The van der Waals surface area contributed by atoms with Crippen molar-refractivity contribution in [3.05, 3.63) is 38.1 Å². The molecule has 2 aromatic rings. The highest BCUT2D eigenvalue weighted by molar-refractivity contribution is 14.1. The van der Waals surface area contributed by atoms with Gasteiger partial charge < -0.3 is 15.0 Å². The lowest BCUT2D eigenvalue weighted by Crippen LogP contribution is -2.44. The van der Waals surface area contributed by atoms with Crippen molar-refractivity contribution in [2.45, 2.75) is 45.3 Å². The van der Waals surface area contributed by atoms with E-state index in [1.807, 2.05) is 39.0 Å². The first-order chi connectivity index (χ1) is 13.1. The number of nitro groups is 1. The molecule has 2 heterocycles. The van der Waals surface area contributed by atoms with Crippen LogP contribution in [0.25, 0.3) is 10.9 Å². The van der Waals surface area contributed by atoms with Crippen LogP contribution >= 0.6 is 22.6 Å². The lowest BCUT2D eigenvalue weighted by atomic mass is 10.0. The number of anilines is 1. The van der Waals surface area contributed by atoms with E-state index in [0.29, 0.717) is 37.1 Å². The quantitative estimate of drug-likeness (QED) is 0.379. The monoisotopic (exact) mass is 498 g/mol. The van der Waals surface area contributed by atoms with E-state index in [1.54, 1.807) is 4.90 Å². The van der Waals surface area contributed by atoms with Gasteiger partial charge in [0.05, 0.1) is 10.4 Å². The van der Waals surface area contributed by atoms with Crippen molar-refractivity contribution in [2.24, 2.45) is 0 Å². The molecule has 8 nitrogen and oxygen atoms in total. The third kappa shape index (κ3) is 4.81. The fraction of sp³-hybridized carbons (Fsp3) is 0.474. The predicted octanol–water partition coefficient (Wildman–Crippen LogP) is 4.56. The Balaban J connectivity index is 1.77. The highest BCUT2D eigenvalue weighted by atomic mass is 127. The van der Waals surface area contributed by atoms with Crippen molar-refractivity contribution in [2.75, 3.05) is 18.4 Å². The Labute approximate surface area is 176 Å². The molecule has 1 aliphatic heterocycles. The third-order valence-corrected chi connectivity index (χ3v) is 5.17. The van der Waals surface area contributed by atoms with Gasteiger partial charge in [-0.15, -0.1) is 0 Å². The highest BCUT2D eigenvalue weighted by Crippen LogP contribution is 2.34. The molecule has 3 rings (SSSR count). The van der Waals surface area contributed by atoms with Gasteiger partial charge in [-0.25, -0.2) is 9.78 Å². The van der Waals surface area contributed by atoms with E-state index in [4.69, 9.17) is 4.74 Å². The summed E-state index contributed by atoms with van der Waals surface area (Å²) in [4.78, 5) is 29.2. The number of rotatable bonds is 3. The second kappa shape index (κ2) is 8.06. The van der Waals surface area contributed by atoms with Crippen molar-refractivity contribution in [3.8, 4) is 0 Å². The number of ether oxygens (including phenoxy) is 1. The van der Waals surface area contributed by atoms with Gasteiger partial charge in [-0.05, 0) is 74.4 Å². The van der Waals surface area contributed by atoms with Gasteiger partial charge in [0.1, 0.15) is 17.5 Å². The molecular formula is C19H23IN4O4. The first-order valence-corrected chi connectivity index (χ1v) is 10.2. The summed E-state index contributed by atoms with van der Waals surface area (Å²) in [5.74, 6) is 0. The molecule has 150 valence electrons. The Morgan fingerprint density at radius 1 is 1.36 bits per heavy atom. The minimum Gasteiger partial charge on any atom is -0.444 e. The maximum Gasteiger partial charge on any atom is 0.410 e. The van der Waals surface area contributed by atoms with E-state index in [2.05, 4.69) is 32.9 Å².